The molecule has 1 unspecified atom stereocenters. The van der Waals surface area contributed by atoms with E-state index in [4.69, 9.17) is 5.84 Å². The number of aromatic nitrogens is 1. The summed E-state index contributed by atoms with van der Waals surface area (Å²) in [5.41, 5.74) is 2.73. The number of nitrogen functional groups attached to an aromatic ring is 1. The second kappa shape index (κ2) is 6.55. The first-order valence-corrected chi connectivity index (χ1v) is 5.59. The summed E-state index contributed by atoms with van der Waals surface area (Å²) in [5.74, 6) is 5.00. The summed E-state index contributed by atoms with van der Waals surface area (Å²) in [5, 5.41) is 5.21. The number of anilines is 1. The minimum absolute atomic E-state index is 0.225. The molecule has 0 radical (unpaired) electrons. The van der Waals surface area contributed by atoms with Crippen molar-refractivity contribution in [2.24, 2.45) is 5.84 Å². The third kappa shape index (κ3) is 3.70. The highest BCUT2D eigenvalue weighted by atomic mass is 16.2. The van der Waals surface area contributed by atoms with Crippen molar-refractivity contribution in [2.45, 2.75) is 19.9 Å². The highest BCUT2D eigenvalue weighted by molar-refractivity contribution is 5.97. The molecule has 0 bridgehead atoms. The SMILES string of the molecule is CCNC(=O)C(C)NC(=O)c1ccnc(NN)c1. The molecule has 98 valence electrons. The van der Waals surface area contributed by atoms with E-state index in [-0.39, 0.29) is 11.8 Å². The fourth-order valence-electron chi connectivity index (χ4n) is 1.32. The minimum atomic E-state index is -0.597. The fourth-order valence-corrected chi connectivity index (χ4v) is 1.32. The summed E-state index contributed by atoms with van der Waals surface area (Å²) in [4.78, 5) is 27.2. The number of nitrogens with zero attached hydrogens (tertiary/aromatic N) is 1. The van der Waals surface area contributed by atoms with Gasteiger partial charge in [-0.25, -0.2) is 10.8 Å². The summed E-state index contributed by atoms with van der Waals surface area (Å²) in [6.07, 6.45) is 1.46. The van der Waals surface area contributed by atoms with E-state index in [0.29, 0.717) is 17.9 Å². The Labute approximate surface area is 105 Å². The lowest BCUT2D eigenvalue weighted by Gasteiger charge is -2.13. The van der Waals surface area contributed by atoms with Crippen LogP contribution >= 0.6 is 0 Å². The van der Waals surface area contributed by atoms with Crippen LogP contribution in [0, 0.1) is 0 Å². The number of amides is 2. The van der Waals surface area contributed by atoms with Gasteiger partial charge in [-0.15, -0.1) is 0 Å². The number of nitrogens with one attached hydrogen (secondary N) is 3. The lowest BCUT2D eigenvalue weighted by molar-refractivity contribution is -0.122. The third-order valence-electron chi connectivity index (χ3n) is 2.26. The van der Waals surface area contributed by atoms with E-state index in [0.717, 1.165) is 0 Å². The Balaban J connectivity index is 2.67. The van der Waals surface area contributed by atoms with Crippen molar-refractivity contribution >= 4 is 17.6 Å². The summed E-state index contributed by atoms with van der Waals surface area (Å²) in [6.45, 7) is 3.95. The highest BCUT2D eigenvalue weighted by Crippen LogP contribution is 2.05. The van der Waals surface area contributed by atoms with Gasteiger partial charge in [-0.3, -0.25) is 9.59 Å². The van der Waals surface area contributed by atoms with Crippen LogP contribution in [0.3, 0.4) is 0 Å². The molecule has 5 N–H and O–H groups in total. The average molecular weight is 251 g/mol. The average Bonchev–Trinajstić information content (AvgIpc) is 2.39. The zero-order chi connectivity index (χ0) is 13.5. The number of carbonyl (C=O) groups is 2. The first-order valence-electron chi connectivity index (χ1n) is 5.59. The Morgan fingerprint density at radius 2 is 2.22 bits per heavy atom. The van der Waals surface area contributed by atoms with Crippen LogP contribution in [0.4, 0.5) is 5.82 Å². The number of likely N-dealkylation sites (N-methyl/N-ethyl adjacent to an activating group) is 1. The number of rotatable bonds is 5. The molecule has 0 spiro atoms. The standard InChI is InChI=1S/C11H17N5O2/c1-3-13-10(17)7(2)15-11(18)8-4-5-14-9(6-8)16-12/h4-7H,3,12H2,1-2H3,(H,13,17)(H,14,16)(H,15,18). The molecule has 2 amide bonds. The number of hydrogen-bond donors (Lipinski definition) is 4. The van der Waals surface area contributed by atoms with Crippen LogP contribution in [-0.2, 0) is 4.79 Å². The molecule has 18 heavy (non-hydrogen) atoms. The van der Waals surface area contributed by atoms with E-state index >= 15 is 0 Å². The monoisotopic (exact) mass is 251 g/mol. The molecule has 1 aromatic heterocycles. The van der Waals surface area contributed by atoms with E-state index < -0.39 is 6.04 Å². The first-order chi connectivity index (χ1) is 8.58. The molecule has 0 saturated heterocycles. The third-order valence-corrected chi connectivity index (χ3v) is 2.26. The van der Waals surface area contributed by atoms with Crippen molar-refractivity contribution in [2.75, 3.05) is 12.0 Å². The predicted octanol–water partition coefficient (Wildman–Crippen LogP) is -0.378. The molecule has 1 atom stereocenters. The van der Waals surface area contributed by atoms with Crippen molar-refractivity contribution in [3.63, 3.8) is 0 Å². The molecule has 0 aliphatic carbocycles. The largest absolute Gasteiger partial charge is 0.355 e. The van der Waals surface area contributed by atoms with Gasteiger partial charge < -0.3 is 16.1 Å². The number of hydrogen-bond acceptors (Lipinski definition) is 5. The molecule has 0 aromatic carbocycles. The number of carbonyl (C=O) groups excluding carboxylic acids is 2. The van der Waals surface area contributed by atoms with Gasteiger partial charge in [-0.1, -0.05) is 0 Å². The van der Waals surface area contributed by atoms with Crippen LogP contribution in [0.15, 0.2) is 18.3 Å². The van der Waals surface area contributed by atoms with Crippen LogP contribution in [0.25, 0.3) is 0 Å². The Bertz CT molecular complexity index is 435. The van der Waals surface area contributed by atoms with E-state index in [1.54, 1.807) is 13.0 Å². The van der Waals surface area contributed by atoms with Gasteiger partial charge in [0.05, 0.1) is 0 Å². The molecule has 1 heterocycles. The molecule has 1 rings (SSSR count). The Morgan fingerprint density at radius 1 is 1.50 bits per heavy atom. The molecule has 7 heteroatoms. The van der Waals surface area contributed by atoms with E-state index in [1.165, 1.54) is 12.3 Å². The second-order valence-corrected chi connectivity index (χ2v) is 3.66. The zero-order valence-electron chi connectivity index (χ0n) is 10.4. The number of pyridine rings is 1. The van der Waals surface area contributed by atoms with E-state index in [1.807, 2.05) is 6.92 Å². The smallest absolute Gasteiger partial charge is 0.252 e. The van der Waals surface area contributed by atoms with Gasteiger partial charge >= 0.3 is 0 Å². The van der Waals surface area contributed by atoms with Crippen LogP contribution in [0.5, 0.6) is 0 Å². The molecule has 1 aromatic rings. The predicted molar refractivity (Wildman–Crippen MR) is 67.7 cm³/mol. The number of nitrogens with two attached hydrogens (primary N) is 1. The summed E-state index contributed by atoms with van der Waals surface area (Å²) in [7, 11) is 0. The molecule has 0 saturated carbocycles. The molecular weight excluding hydrogens is 234 g/mol. The van der Waals surface area contributed by atoms with Gasteiger partial charge in [0.2, 0.25) is 5.91 Å². The number of hydrazine groups is 1. The minimum Gasteiger partial charge on any atom is -0.355 e. The first kappa shape index (κ1) is 13.9. The maximum Gasteiger partial charge on any atom is 0.252 e. The maximum atomic E-state index is 11.8. The van der Waals surface area contributed by atoms with Crippen molar-refractivity contribution in [3.8, 4) is 0 Å². The van der Waals surface area contributed by atoms with Gasteiger partial charge in [0.25, 0.3) is 5.91 Å². The van der Waals surface area contributed by atoms with Crippen LogP contribution in [0.1, 0.15) is 24.2 Å². The molecular formula is C11H17N5O2. The zero-order valence-corrected chi connectivity index (χ0v) is 10.4. The summed E-state index contributed by atoms with van der Waals surface area (Å²) >= 11 is 0. The maximum absolute atomic E-state index is 11.8. The Morgan fingerprint density at radius 3 is 2.83 bits per heavy atom. The topological polar surface area (TPSA) is 109 Å². The van der Waals surface area contributed by atoms with E-state index in [2.05, 4.69) is 21.0 Å². The lowest BCUT2D eigenvalue weighted by Crippen LogP contribution is -2.44. The molecule has 7 nitrogen and oxygen atoms in total. The van der Waals surface area contributed by atoms with Crippen LogP contribution in [-0.4, -0.2) is 29.4 Å². The van der Waals surface area contributed by atoms with Gasteiger partial charge in [0, 0.05) is 18.3 Å². The van der Waals surface area contributed by atoms with Crippen molar-refractivity contribution in [3.05, 3.63) is 23.9 Å². The normalized spacial score (nSPS) is 11.5. The molecule has 0 aliphatic rings. The Hall–Kier alpha value is -2.15. The van der Waals surface area contributed by atoms with Crippen LogP contribution < -0.4 is 21.9 Å². The van der Waals surface area contributed by atoms with Crippen molar-refractivity contribution < 1.29 is 9.59 Å². The van der Waals surface area contributed by atoms with E-state index in [9.17, 15) is 9.59 Å². The lowest BCUT2D eigenvalue weighted by atomic mass is 10.2. The fraction of sp³-hybridized carbons (Fsp3) is 0.364. The quantitative estimate of drug-likeness (QED) is 0.421. The molecule has 0 aliphatic heterocycles. The van der Waals surface area contributed by atoms with Gasteiger partial charge in [0.15, 0.2) is 0 Å². The van der Waals surface area contributed by atoms with Crippen LogP contribution in [0.2, 0.25) is 0 Å². The molecule has 0 fully saturated rings. The van der Waals surface area contributed by atoms with Gasteiger partial charge in [-0.05, 0) is 26.0 Å². The van der Waals surface area contributed by atoms with Gasteiger partial charge in [-0.2, -0.15) is 0 Å². The van der Waals surface area contributed by atoms with Crippen molar-refractivity contribution in [1.29, 1.82) is 0 Å². The van der Waals surface area contributed by atoms with Gasteiger partial charge in [0.1, 0.15) is 11.9 Å². The summed E-state index contributed by atoms with van der Waals surface area (Å²) in [6, 6.07) is 2.44. The van der Waals surface area contributed by atoms with Crippen molar-refractivity contribution in [1.82, 2.24) is 15.6 Å². The highest BCUT2D eigenvalue weighted by Gasteiger charge is 2.15. The summed E-state index contributed by atoms with van der Waals surface area (Å²) < 4.78 is 0. The second-order valence-electron chi connectivity index (χ2n) is 3.66. The Kier molecular flexibility index (Phi) is 5.06.